The van der Waals surface area contributed by atoms with E-state index in [0.29, 0.717) is 16.5 Å². The Bertz CT molecular complexity index is 714. The van der Waals surface area contributed by atoms with E-state index in [2.05, 4.69) is 15.9 Å². The molecule has 0 aliphatic carbocycles. The Kier molecular flexibility index (Phi) is 5.30. The third-order valence-electron chi connectivity index (χ3n) is 3.04. The van der Waals surface area contributed by atoms with Gasteiger partial charge < -0.3 is 9.84 Å². The Labute approximate surface area is 138 Å². The van der Waals surface area contributed by atoms with Crippen molar-refractivity contribution in [1.29, 1.82) is 0 Å². The van der Waals surface area contributed by atoms with E-state index in [1.807, 2.05) is 0 Å². The Hall–Kier alpha value is -2.02. The van der Waals surface area contributed by atoms with Crippen LogP contribution in [-0.4, -0.2) is 11.1 Å². The monoisotopic (exact) mass is 388 g/mol. The summed E-state index contributed by atoms with van der Waals surface area (Å²) in [5, 5.41) is 9.49. The topological polar surface area (TPSA) is 46.5 Å². The van der Waals surface area contributed by atoms with Gasteiger partial charge in [0.05, 0.1) is 11.1 Å². The fraction of sp³-hybridized carbons (Fsp3) is 0.188. The summed E-state index contributed by atoms with van der Waals surface area (Å²) in [5.41, 5.74) is 0.378. The zero-order chi connectivity index (χ0) is 17.0. The van der Waals surface area contributed by atoms with Crippen molar-refractivity contribution in [3.63, 3.8) is 0 Å². The normalized spacial score (nSPS) is 11.3. The third-order valence-corrected chi connectivity index (χ3v) is 3.69. The Morgan fingerprint density at radius 1 is 1.13 bits per heavy atom. The SMILES string of the molecule is O=C(O)c1cc(CBr)cc(COc2ccccc2C(F)(F)F)c1. The number of carbonyl (C=O) groups is 1. The molecular weight excluding hydrogens is 377 g/mol. The predicted octanol–water partition coefficient (Wildman–Crippen LogP) is 4.88. The predicted molar refractivity (Wildman–Crippen MR) is 81.8 cm³/mol. The third kappa shape index (κ3) is 4.48. The van der Waals surface area contributed by atoms with Gasteiger partial charge in [0.2, 0.25) is 0 Å². The van der Waals surface area contributed by atoms with Crippen LogP contribution in [0.1, 0.15) is 27.0 Å². The highest BCUT2D eigenvalue weighted by atomic mass is 79.9. The van der Waals surface area contributed by atoms with E-state index in [0.717, 1.165) is 6.07 Å². The van der Waals surface area contributed by atoms with E-state index in [1.54, 1.807) is 6.07 Å². The van der Waals surface area contributed by atoms with Crippen molar-refractivity contribution < 1.29 is 27.8 Å². The molecule has 23 heavy (non-hydrogen) atoms. The lowest BCUT2D eigenvalue weighted by Crippen LogP contribution is -2.09. The Morgan fingerprint density at radius 3 is 2.39 bits per heavy atom. The fourth-order valence-electron chi connectivity index (χ4n) is 2.03. The minimum Gasteiger partial charge on any atom is -0.488 e. The first-order valence-corrected chi connectivity index (χ1v) is 7.64. The summed E-state index contributed by atoms with van der Waals surface area (Å²) in [6.07, 6.45) is -4.51. The molecule has 0 spiro atoms. The highest BCUT2D eigenvalue weighted by Crippen LogP contribution is 2.36. The molecule has 0 fully saturated rings. The van der Waals surface area contributed by atoms with Crippen molar-refractivity contribution in [2.45, 2.75) is 18.1 Å². The van der Waals surface area contributed by atoms with Gasteiger partial charge in [0, 0.05) is 5.33 Å². The zero-order valence-corrected chi connectivity index (χ0v) is 13.3. The minimum atomic E-state index is -4.51. The molecule has 0 aliphatic heterocycles. The van der Waals surface area contributed by atoms with Gasteiger partial charge in [0.15, 0.2) is 0 Å². The number of ether oxygens (including phenoxy) is 1. The summed E-state index contributed by atoms with van der Waals surface area (Å²) in [7, 11) is 0. The molecule has 0 heterocycles. The van der Waals surface area contributed by atoms with Crippen LogP contribution in [0.4, 0.5) is 13.2 Å². The first-order valence-electron chi connectivity index (χ1n) is 6.52. The molecule has 122 valence electrons. The van der Waals surface area contributed by atoms with Crippen molar-refractivity contribution in [3.8, 4) is 5.75 Å². The molecule has 0 amide bonds. The maximum Gasteiger partial charge on any atom is 0.419 e. The molecule has 0 saturated carbocycles. The van der Waals surface area contributed by atoms with E-state index in [-0.39, 0.29) is 17.9 Å². The zero-order valence-electron chi connectivity index (χ0n) is 11.7. The second-order valence-electron chi connectivity index (χ2n) is 4.76. The smallest absolute Gasteiger partial charge is 0.419 e. The molecule has 7 heteroatoms. The van der Waals surface area contributed by atoms with Gasteiger partial charge in [-0.1, -0.05) is 34.1 Å². The quantitative estimate of drug-likeness (QED) is 0.742. The van der Waals surface area contributed by atoms with Crippen LogP contribution in [0.25, 0.3) is 0 Å². The highest BCUT2D eigenvalue weighted by molar-refractivity contribution is 9.08. The number of hydrogen-bond acceptors (Lipinski definition) is 2. The second-order valence-corrected chi connectivity index (χ2v) is 5.32. The number of rotatable bonds is 5. The number of halogens is 4. The first-order chi connectivity index (χ1) is 10.8. The van der Waals surface area contributed by atoms with Gasteiger partial charge in [0.25, 0.3) is 0 Å². The molecule has 3 nitrogen and oxygen atoms in total. The van der Waals surface area contributed by atoms with Gasteiger partial charge in [-0.2, -0.15) is 13.2 Å². The molecular formula is C16H12BrF3O3. The van der Waals surface area contributed by atoms with Crippen molar-refractivity contribution >= 4 is 21.9 Å². The second kappa shape index (κ2) is 7.04. The number of benzene rings is 2. The van der Waals surface area contributed by atoms with E-state index in [9.17, 15) is 18.0 Å². The van der Waals surface area contributed by atoms with Gasteiger partial charge in [-0.3, -0.25) is 0 Å². The molecule has 0 bridgehead atoms. The molecule has 0 radical (unpaired) electrons. The van der Waals surface area contributed by atoms with E-state index in [4.69, 9.17) is 9.84 Å². The summed E-state index contributed by atoms with van der Waals surface area (Å²) in [6.45, 7) is -0.159. The van der Waals surface area contributed by atoms with Crippen LogP contribution in [0.3, 0.4) is 0 Å². The molecule has 0 aromatic heterocycles. The number of alkyl halides is 4. The van der Waals surface area contributed by atoms with Crippen LogP contribution >= 0.6 is 15.9 Å². The van der Waals surface area contributed by atoms with Crippen LogP contribution in [0.2, 0.25) is 0 Å². The summed E-state index contributed by atoms with van der Waals surface area (Å²) >= 11 is 3.23. The highest BCUT2D eigenvalue weighted by Gasteiger charge is 2.34. The van der Waals surface area contributed by atoms with Gasteiger partial charge in [-0.05, 0) is 35.4 Å². The molecule has 2 aromatic carbocycles. The van der Waals surface area contributed by atoms with Crippen LogP contribution < -0.4 is 4.74 Å². The largest absolute Gasteiger partial charge is 0.488 e. The van der Waals surface area contributed by atoms with Gasteiger partial charge in [-0.25, -0.2) is 4.79 Å². The lowest BCUT2D eigenvalue weighted by Gasteiger charge is -2.14. The molecule has 0 unspecified atom stereocenters. The molecule has 0 aliphatic rings. The number of carboxylic acid groups (broad SMARTS) is 1. The van der Waals surface area contributed by atoms with E-state index >= 15 is 0 Å². The molecule has 2 aromatic rings. The van der Waals surface area contributed by atoms with Crippen molar-refractivity contribution in [3.05, 3.63) is 64.7 Å². The van der Waals surface area contributed by atoms with Crippen LogP contribution in [0, 0.1) is 0 Å². The standard InChI is InChI=1S/C16H12BrF3O3/c17-8-10-5-11(7-12(6-10)15(21)22)9-23-14-4-2-1-3-13(14)16(18,19)20/h1-7H,8-9H2,(H,21,22). The van der Waals surface area contributed by atoms with Gasteiger partial charge in [-0.15, -0.1) is 0 Å². The number of carboxylic acids is 1. The number of para-hydroxylation sites is 1. The Morgan fingerprint density at radius 2 is 1.78 bits per heavy atom. The van der Waals surface area contributed by atoms with Crippen molar-refractivity contribution in [2.75, 3.05) is 0 Å². The molecule has 0 atom stereocenters. The number of hydrogen-bond donors (Lipinski definition) is 1. The molecule has 2 rings (SSSR count). The average Bonchev–Trinajstić information content (AvgIpc) is 2.52. The average molecular weight is 389 g/mol. The van der Waals surface area contributed by atoms with E-state index in [1.165, 1.54) is 30.3 Å². The number of aromatic carboxylic acids is 1. The summed E-state index contributed by atoms with van der Waals surface area (Å²) in [5.74, 6) is -1.40. The van der Waals surface area contributed by atoms with Crippen molar-refractivity contribution in [2.24, 2.45) is 0 Å². The van der Waals surface area contributed by atoms with E-state index < -0.39 is 17.7 Å². The minimum absolute atomic E-state index is 0.0599. The first kappa shape index (κ1) is 17.3. The van der Waals surface area contributed by atoms with Crippen LogP contribution in [0.15, 0.2) is 42.5 Å². The maximum absolute atomic E-state index is 12.9. The van der Waals surface area contributed by atoms with Gasteiger partial charge in [0.1, 0.15) is 12.4 Å². The lowest BCUT2D eigenvalue weighted by atomic mass is 10.1. The lowest BCUT2D eigenvalue weighted by molar-refractivity contribution is -0.139. The summed E-state index contributed by atoms with van der Waals surface area (Å²) in [6, 6.07) is 9.44. The van der Waals surface area contributed by atoms with Crippen LogP contribution in [-0.2, 0) is 18.1 Å². The van der Waals surface area contributed by atoms with Crippen molar-refractivity contribution in [1.82, 2.24) is 0 Å². The Balaban J connectivity index is 2.25. The molecule has 1 N–H and O–H groups in total. The van der Waals surface area contributed by atoms with Crippen LogP contribution in [0.5, 0.6) is 5.75 Å². The maximum atomic E-state index is 12.9. The summed E-state index contributed by atoms with van der Waals surface area (Å²) < 4.78 is 44.0. The fourth-order valence-corrected chi connectivity index (χ4v) is 2.36. The van der Waals surface area contributed by atoms with Gasteiger partial charge >= 0.3 is 12.1 Å². The summed E-state index contributed by atoms with van der Waals surface area (Å²) in [4.78, 5) is 11.1. The molecule has 0 saturated heterocycles.